The van der Waals surface area contributed by atoms with Crippen molar-refractivity contribution in [3.8, 4) is 11.1 Å². The van der Waals surface area contributed by atoms with Crippen molar-refractivity contribution in [3.63, 3.8) is 0 Å². The third kappa shape index (κ3) is 3.53. The highest BCUT2D eigenvalue weighted by Crippen LogP contribution is 2.30. The molecule has 0 saturated heterocycles. The quantitative estimate of drug-likeness (QED) is 0.436. The first-order chi connectivity index (χ1) is 14.4. The van der Waals surface area contributed by atoms with Crippen LogP contribution in [-0.2, 0) is 4.74 Å². The van der Waals surface area contributed by atoms with Gasteiger partial charge in [0.15, 0.2) is 5.65 Å². The zero-order chi connectivity index (χ0) is 21.4. The molecular weight excluding hydrogens is 427 g/mol. The lowest BCUT2D eigenvalue weighted by atomic mass is 10.1. The summed E-state index contributed by atoms with van der Waals surface area (Å²) in [6, 6.07) is 8.92. The summed E-state index contributed by atoms with van der Waals surface area (Å²) in [6.45, 7) is 1.74. The van der Waals surface area contributed by atoms with Crippen LogP contribution < -0.4 is 5.32 Å². The van der Waals surface area contributed by atoms with Crippen LogP contribution in [0.25, 0.3) is 16.8 Å². The SMILES string of the molecule is COC(=O)c1cc(-c2ccc(NC(=O)c3[nH]c(C)c(Cl)c3Cl)cc2)cn2ccnc12. The van der Waals surface area contributed by atoms with Crippen LogP contribution in [0, 0.1) is 6.92 Å². The van der Waals surface area contributed by atoms with Gasteiger partial charge in [-0.2, -0.15) is 0 Å². The zero-order valence-corrected chi connectivity index (χ0v) is 17.5. The fourth-order valence-corrected chi connectivity index (χ4v) is 3.54. The van der Waals surface area contributed by atoms with Gasteiger partial charge in [-0.05, 0) is 36.2 Å². The number of nitrogens with one attached hydrogen (secondary N) is 2. The number of amides is 1. The summed E-state index contributed by atoms with van der Waals surface area (Å²) in [4.78, 5) is 31.7. The number of carbonyl (C=O) groups is 2. The lowest BCUT2D eigenvalue weighted by Crippen LogP contribution is -2.12. The standard InChI is InChI=1S/C21H16Cl2N4O3/c1-11-16(22)17(23)18(25-11)20(28)26-14-5-3-12(4-6-14)13-9-15(21(29)30-2)19-24-7-8-27(19)10-13/h3-10,25H,1-2H3,(H,26,28). The van der Waals surface area contributed by atoms with E-state index < -0.39 is 11.9 Å². The maximum Gasteiger partial charge on any atom is 0.341 e. The molecule has 4 rings (SSSR count). The molecule has 0 fully saturated rings. The average Bonchev–Trinajstić information content (AvgIpc) is 3.33. The molecule has 0 bridgehead atoms. The van der Waals surface area contributed by atoms with E-state index in [0.29, 0.717) is 27.6 Å². The average molecular weight is 443 g/mol. The van der Waals surface area contributed by atoms with Crippen LogP contribution in [-0.4, -0.2) is 33.4 Å². The molecular formula is C21H16Cl2N4O3. The number of imidazole rings is 1. The minimum atomic E-state index is -0.464. The molecule has 30 heavy (non-hydrogen) atoms. The monoisotopic (exact) mass is 442 g/mol. The molecule has 2 N–H and O–H groups in total. The van der Waals surface area contributed by atoms with Crippen LogP contribution in [0.15, 0.2) is 48.9 Å². The molecule has 7 nitrogen and oxygen atoms in total. The number of H-pyrrole nitrogens is 1. The Bertz CT molecular complexity index is 1280. The molecule has 0 unspecified atom stereocenters. The maximum absolute atomic E-state index is 12.5. The maximum atomic E-state index is 12.5. The highest BCUT2D eigenvalue weighted by atomic mass is 35.5. The lowest BCUT2D eigenvalue weighted by molar-refractivity contribution is 0.0602. The number of pyridine rings is 1. The number of hydrogen-bond donors (Lipinski definition) is 2. The van der Waals surface area contributed by atoms with Crippen molar-refractivity contribution in [1.29, 1.82) is 0 Å². The second-order valence-corrected chi connectivity index (χ2v) is 7.33. The van der Waals surface area contributed by atoms with Gasteiger partial charge in [0.1, 0.15) is 11.3 Å². The number of nitrogens with zero attached hydrogens (tertiary/aromatic N) is 2. The fraction of sp³-hybridized carbons (Fsp3) is 0.0952. The van der Waals surface area contributed by atoms with E-state index in [1.807, 2.05) is 18.3 Å². The number of anilines is 1. The number of aryl methyl sites for hydroxylation is 1. The number of aromatic nitrogens is 3. The van der Waals surface area contributed by atoms with Crippen LogP contribution in [0.5, 0.6) is 0 Å². The van der Waals surface area contributed by atoms with Crippen LogP contribution in [0.2, 0.25) is 10.0 Å². The number of methoxy groups -OCH3 is 1. The normalized spacial score (nSPS) is 10.9. The Morgan fingerprint density at radius 3 is 2.50 bits per heavy atom. The van der Waals surface area contributed by atoms with Gasteiger partial charge in [-0.25, -0.2) is 9.78 Å². The zero-order valence-electron chi connectivity index (χ0n) is 16.0. The van der Waals surface area contributed by atoms with Crippen molar-refractivity contribution in [2.45, 2.75) is 6.92 Å². The summed E-state index contributed by atoms with van der Waals surface area (Å²) in [7, 11) is 1.33. The van der Waals surface area contributed by atoms with E-state index >= 15 is 0 Å². The van der Waals surface area contributed by atoms with Gasteiger partial charge in [-0.3, -0.25) is 4.79 Å². The molecule has 0 aliphatic carbocycles. The van der Waals surface area contributed by atoms with Gasteiger partial charge in [-0.15, -0.1) is 0 Å². The van der Waals surface area contributed by atoms with E-state index in [2.05, 4.69) is 15.3 Å². The molecule has 4 aromatic rings. The Morgan fingerprint density at radius 1 is 1.13 bits per heavy atom. The number of rotatable bonds is 4. The van der Waals surface area contributed by atoms with Crippen LogP contribution >= 0.6 is 23.2 Å². The molecule has 0 aliphatic rings. The Kier molecular flexibility index (Phi) is 5.24. The summed E-state index contributed by atoms with van der Waals surface area (Å²) >= 11 is 12.1. The van der Waals surface area contributed by atoms with E-state index in [-0.39, 0.29) is 10.7 Å². The lowest BCUT2D eigenvalue weighted by Gasteiger charge is -2.09. The van der Waals surface area contributed by atoms with Crippen molar-refractivity contribution in [2.75, 3.05) is 12.4 Å². The van der Waals surface area contributed by atoms with Crippen molar-refractivity contribution < 1.29 is 14.3 Å². The smallest absolute Gasteiger partial charge is 0.341 e. The molecule has 152 valence electrons. The van der Waals surface area contributed by atoms with Gasteiger partial charge < -0.3 is 19.4 Å². The first kappa shape index (κ1) is 20.0. The topological polar surface area (TPSA) is 88.5 Å². The summed E-state index contributed by atoms with van der Waals surface area (Å²) in [6.07, 6.45) is 5.24. The molecule has 0 aliphatic heterocycles. The molecule has 3 aromatic heterocycles. The molecule has 0 spiro atoms. The fourth-order valence-electron chi connectivity index (χ4n) is 3.12. The number of carbonyl (C=O) groups excluding carboxylic acids is 2. The number of aromatic amines is 1. The van der Waals surface area contributed by atoms with Crippen LogP contribution in [0.4, 0.5) is 5.69 Å². The number of benzene rings is 1. The Balaban J connectivity index is 1.61. The summed E-state index contributed by atoms with van der Waals surface area (Å²) < 4.78 is 6.63. The van der Waals surface area contributed by atoms with E-state index in [1.54, 1.807) is 41.9 Å². The third-order valence-electron chi connectivity index (χ3n) is 4.65. The number of halogens is 2. The summed E-state index contributed by atoms with van der Waals surface area (Å²) in [5.74, 6) is -0.857. The minimum absolute atomic E-state index is 0.187. The van der Waals surface area contributed by atoms with Gasteiger partial charge in [0, 0.05) is 30.0 Å². The third-order valence-corrected chi connectivity index (χ3v) is 5.60. The summed E-state index contributed by atoms with van der Waals surface area (Å²) in [5, 5.41) is 3.29. The Hall–Kier alpha value is -3.29. The van der Waals surface area contributed by atoms with Crippen molar-refractivity contribution in [2.24, 2.45) is 0 Å². The van der Waals surface area contributed by atoms with E-state index in [1.165, 1.54) is 7.11 Å². The van der Waals surface area contributed by atoms with E-state index in [0.717, 1.165) is 11.1 Å². The number of hydrogen-bond acceptors (Lipinski definition) is 4. The largest absolute Gasteiger partial charge is 0.465 e. The van der Waals surface area contributed by atoms with Crippen molar-refractivity contribution >= 4 is 46.4 Å². The first-order valence-corrected chi connectivity index (χ1v) is 9.65. The van der Waals surface area contributed by atoms with Crippen LogP contribution in [0.3, 0.4) is 0 Å². The second kappa shape index (κ2) is 7.85. The van der Waals surface area contributed by atoms with E-state index in [9.17, 15) is 9.59 Å². The molecule has 0 radical (unpaired) electrons. The molecule has 3 heterocycles. The van der Waals surface area contributed by atoms with Crippen molar-refractivity contribution in [3.05, 3.63) is 75.9 Å². The van der Waals surface area contributed by atoms with E-state index in [4.69, 9.17) is 27.9 Å². The van der Waals surface area contributed by atoms with Gasteiger partial charge in [0.05, 0.1) is 17.2 Å². The number of esters is 1. The Morgan fingerprint density at radius 2 is 1.87 bits per heavy atom. The van der Waals surface area contributed by atoms with Crippen molar-refractivity contribution in [1.82, 2.24) is 14.4 Å². The Labute approximate surface area is 181 Å². The number of ether oxygens (including phenoxy) is 1. The number of fused-ring (bicyclic) bond motifs is 1. The molecule has 1 aromatic carbocycles. The van der Waals surface area contributed by atoms with Crippen LogP contribution in [0.1, 0.15) is 26.5 Å². The first-order valence-electron chi connectivity index (χ1n) is 8.89. The predicted octanol–water partition coefficient (Wildman–Crippen LogP) is 4.98. The molecule has 0 saturated carbocycles. The highest BCUT2D eigenvalue weighted by molar-refractivity contribution is 6.44. The van der Waals surface area contributed by atoms with Gasteiger partial charge in [-0.1, -0.05) is 35.3 Å². The molecule has 9 heteroatoms. The van der Waals surface area contributed by atoms with Gasteiger partial charge >= 0.3 is 5.97 Å². The minimum Gasteiger partial charge on any atom is -0.465 e. The molecule has 1 amide bonds. The second-order valence-electron chi connectivity index (χ2n) is 6.58. The van der Waals surface area contributed by atoms with Gasteiger partial charge in [0.25, 0.3) is 5.91 Å². The van der Waals surface area contributed by atoms with Gasteiger partial charge in [0.2, 0.25) is 0 Å². The predicted molar refractivity (Wildman–Crippen MR) is 115 cm³/mol. The molecule has 0 atom stereocenters. The highest BCUT2D eigenvalue weighted by Gasteiger charge is 2.18. The summed E-state index contributed by atoms with van der Waals surface area (Å²) in [5.41, 5.74) is 3.95.